The molecule has 0 radical (unpaired) electrons. The second-order valence-electron chi connectivity index (χ2n) is 4.03. The summed E-state index contributed by atoms with van der Waals surface area (Å²) in [6, 6.07) is 13.2. The zero-order valence-corrected chi connectivity index (χ0v) is 10.3. The molecule has 0 heterocycles. The van der Waals surface area contributed by atoms with Gasteiger partial charge in [0.1, 0.15) is 0 Å². The van der Waals surface area contributed by atoms with E-state index in [9.17, 15) is 0 Å². The van der Waals surface area contributed by atoms with Crippen LogP contribution in [-0.2, 0) is 29.9 Å². The molecule has 0 atom stereocenters. The summed E-state index contributed by atoms with van der Waals surface area (Å²) < 4.78 is 0. The van der Waals surface area contributed by atoms with Crippen LogP contribution in [0.5, 0.6) is 0 Å². The van der Waals surface area contributed by atoms with E-state index >= 15 is 0 Å². The van der Waals surface area contributed by atoms with Gasteiger partial charge in [-0.1, -0.05) is 26.7 Å². The molecule has 0 aromatic heterocycles. The molecule has 0 aliphatic carbocycles. The largest absolute Gasteiger partial charge is 2.00 e. The van der Waals surface area contributed by atoms with Crippen molar-refractivity contribution in [3.8, 4) is 0 Å². The van der Waals surface area contributed by atoms with E-state index in [4.69, 9.17) is 0 Å². The fourth-order valence-corrected chi connectivity index (χ4v) is 1.89. The van der Waals surface area contributed by atoms with Crippen molar-refractivity contribution >= 4 is 0 Å². The van der Waals surface area contributed by atoms with E-state index in [1.54, 1.807) is 0 Å². The summed E-state index contributed by atoms with van der Waals surface area (Å²) in [6.07, 6.45) is 2.33. The summed E-state index contributed by atoms with van der Waals surface area (Å²) in [7, 11) is 0. The Balaban J connectivity index is 0.00000112. The minimum Gasteiger partial charge on any atom is -0.211 e. The molecule has 15 heavy (non-hydrogen) atoms. The second-order valence-corrected chi connectivity index (χ2v) is 4.03. The van der Waals surface area contributed by atoms with E-state index in [0.717, 1.165) is 0 Å². The van der Waals surface area contributed by atoms with Crippen LogP contribution in [0, 0.1) is 13.8 Å². The summed E-state index contributed by atoms with van der Waals surface area (Å²) in [4.78, 5) is 0. The van der Waals surface area contributed by atoms with Crippen molar-refractivity contribution in [1.29, 1.82) is 0 Å². The average Bonchev–Trinajstić information content (AvgIpc) is 2.72. The van der Waals surface area contributed by atoms with Crippen LogP contribution in [0.15, 0.2) is 36.4 Å². The van der Waals surface area contributed by atoms with Gasteiger partial charge in [0.05, 0.1) is 0 Å². The van der Waals surface area contributed by atoms with Crippen molar-refractivity contribution in [2.45, 2.75) is 26.7 Å². The Morgan fingerprint density at radius 2 is 2.07 bits per heavy atom. The van der Waals surface area contributed by atoms with E-state index in [-0.39, 0.29) is 17.1 Å². The molecule has 0 bridgehead atoms. The first-order valence-corrected chi connectivity index (χ1v) is 5.19. The van der Waals surface area contributed by atoms with Gasteiger partial charge in [-0.3, -0.25) is 0 Å². The van der Waals surface area contributed by atoms with E-state index in [1.807, 2.05) is 0 Å². The molecule has 2 aromatic carbocycles. The fourth-order valence-electron chi connectivity index (χ4n) is 1.89. The van der Waals surface area contributed by atoms with Gasteiger partial charge in [-0.2, -0.15) is 41.0 Å². The number of aryl methyl sites for hydroxylation is 4. The Morgan fingerprint density at radius 3 is 2.60 bits per heavy atom. The maximum Gasteiger partial charge on any atom is 2.00 e. The molecule has 0 aliphatic rings. The summed E-state index contributed by atoms with van der Waals surface area (Å²) in [5, 5.41) is 0. The Kier molecular flexibility index (Phi) is 4.38. The van der Waals surface area contributed by atoms with Gasteiger partial charge >= 0.3 is 17.1 Å². The van der Waals surface area contributed by atoms with Gasteiger partial charge in [-0.05, 0) is 0 Å². The molecular formula is C14H16Fe. The maximum atomic E-state index is 2.28. The molecule has 80 valence electrons. The predicted molar refractivity (Wildman–Crippen MR) is 61.0 cm³/mol. The summed E-state index contributed by atoms with van der Waals surface area (Å²) in [6.45, 7) is 4.34. The van der Waals surface area contributed by atoms with Gasteiger partial charge in [0.15, 0.2) is 0 Å². The Hall–Kier alpha value is -0.781. The number of rotatable bonds is 3. The molecule has 0 N–H and O–H groups in total. The Bertz CT molecular complexity index is 406. The molecule has 0 saturated heterocycles. The molecule has 0 fully saturated rings. The summed E-state index contributed by atoms with van der Waals surface area (Å²) in [5.74, 6) is 0. The van der Waals surface area contributed by atoms with Crippen LogP contribution >= 0.6 is 0 Å². The van der Waals surface area contributed by atoms with Gasteiger partial charge in [-0.25, -0.2) is 17.7 Å². The van der Waals surface area contributed by atoms with Crippen LogP contribution in [-0.4, -0.2) is 0 Å². The Labute approximate surface area is 103 Å². The molecule has 0 nitrogen and oxygen atoms in total. The first kappa shape index (κ1) is 12.3. The van der Waals surface area contributed by atoms with Crippen LogP contribution in [0.4, 0.5) is 0 Å². The third-order valence-corrected chi connectivity index (χ3v) is 2.81. The monoisotopic (exact) mass is 240 g/mol. The molecule has 0 aliphatic heterocycles. The number of hydrogen-bond donors (Lipinski definition) is 0. The van der Waals surface area contributed by atoms with Gasteiger partial charge < -0.3 is 0 Å². The van der Waals surface area contributed by atoms with E-state index in [0.29, 0.717) is 0 Å². The van der Waals surface area contributed by atoms with Crippen LogP contribution < -0.4 is 0 Å². The minimum absolute atomic E-state index is 0. The van der Waals surface area contributed by atoms with Gasteiger partial charge in [-0.15, -0.1) is 0 Å². The van der Waals surface area contributed by atoms with Crippen molar-refractivity contribution in [2.75, 3.05) is 0 Å². The summed E-state index contributed by atoms with van der Waals surface area (Å²) >= 11 is 0. The van der Waals surface area contributed by atoms with Crippen molar-refractivity contribution in [3.63, 3.8) is 0 Å². The van der Waals surface area contributed by atoms with Crippen molar-refractivity contribution < 1.29 is 17.1 Å². The topological polar surface area (TPSA) is 0 Å². The van der Waals surface area contributed by atoms with E-state index < -0.39 is 0 Å². The van der Waals surface area contributed by atoms with Crippen LogP contribution in [0.25, 0.3) is 0 Å². The second kappa shape index (κ2) is 5.34. The molecule has 0 amide bonds. The first-order chi connectivity index (χ1) is 6.75. The molecule has 0 unspecified atom stereocenters. The van der Waals surface area contributed by atoms with Gasteiger partial charge in [0.25, 0.3) is 0 Å². The molecule has 0 spiro atoms. The molecule has 1 heteroatoms. The SMILES string of the molecule is Cc1cc[c-](CCc2[cH-]ccc2C)c1.[Fe+2]. The van der Waals surface area contributed by atoms with Gasteiger partial charge in [0, 0.05) is 0 Å². The first-order valence-electron chi connectivity index (χ1n) is 5.19. The molecule has 2 aromatic rings. The van der Waals surface area contributed by atoms with E-state index in [2.05, 4.69) is 50.2 Å². The normalized spacial score (nSPS) is 10.0. The zero-order chi connectivity index (χ0) is 9.97. The van der Waals surface area contributed by atoms with Crippen LogP contribution in [0.2, 0.25) is 0 Å². The van der Waals surface area contributed by atoms with Crippen LogP contribution in [0.3, 0.4) is 0 Å². The molecule has 2 rings (SSSR count). The van der Waals surface area contributed by atoms with Crippen molar-refractivity contribution in [3.05, 3.63) is 58.7 Å². The Morgan fingerprint density at radius 1 is 1.27 bits per heavy atom. The summed E-state index contributed by atoms with van der Waals surface area (Å²) in [5.41, 5.74) is 5.75. The smallest absolute Gasteiger partial charge is 0.211 e. The molecule has 0 saturated carbocycles. The molecular weight excluding hydrogens is 224 g/mol. The third kappa shape index (κ3) is 3.09. The average molecular weight is 240 g/mol. The van der Waals surface area contributed by atoms with Crippen LogP contribution in [0.1, 0.15) is 22.3 Å². The van der Waals surface area contributed by atoms with E-state index in [1.165, 1.54) is 35.1 Å². The van der Waals surface area contributed by atoms with Gasteiger partial charge in [0.2, 0.25) is 0 Å². The standard InChI is InChI=1S/C14H16.Fe/c1-11-6-7-13(10-11)8-9-14-5-3-4-12(14)2;/h3-7,10H,8-9H2,1-2H3;/q-2;+2. The van der Waals surface area contributed by atoms with Crippen molar-refractivity contribution in [2.24, 2.45) is 0 Å². The van der Waals surface area contributed by atoms with Crippen molar-refractivity contribution in [1.82, 2.24) is 0 Å². The zero-order valence-electron chi connectivity index (χ0n) is 9.23. The fraction of sp³-hybridized carbons (Fsp3) is 0.286. The number of hydrogen-bond acceptors (Lipinski definition) is 0. The maximum absolute atomic E-state index is 2.28. The third-order valence-electron chi connectivity index (χ3n) is 2.81. The quantitative estimate of drug-likeness (QED) is 0.568. The minimum atomic E-state index is 0. The predicted octanol–water partition coefficient (Wildman–Crippen LogP) is 3.52.